The van der Waals surface area contributed by atoms with Gasteiger partial charge in [0.05, 0.1) is 10.6 Å². The van der Waals surface area contributed by atoms with Crippen molar-refractivity contribution in [2.45, 2.75) is 50.0 Å². The van der Waals surface area contributed by atoms with E-state index in [1.165, 1.54) is 4.31 Å². The van der Waals surface area contributed by atoms with Crippen molar-refractivity contribution in [1.82, 2.24) is 10.3 Å². The number of anilines is 1. The molecule has 1 amide bonds. The van der Waals surface area contributed by atoms with Crippen molar-refractivity contribution < 1.29 is 13.2 Å². The van der Waals surface area contributed by atoms with E-state index in [9.17, 15) is 13.2 Å². The SMILES string of the molecule is CC(C)(C)c1ccc(S(=O)(=O)N2c3ccccc3C[C@H]2C(=O)NCCc2cccnc2)cc1. The van der Waals surface area contributed by atoms with Gasteiger partial charge in [0, 0.05) is 25.4 Å². The average Bonchev–Trinajstić information content (AvgIpc) is 3.20. The van der Waals surface area contributed by atoms with Crippen LogP contribution in [0.3, 0.4) is 0 Å². The summed E-state index contributed by atoms with van der Waals surface area (Å²) in [5.41, 5.74) is 3.38. The molecule has 0 aliphatic carbocycles. The Morgan fingerprint density at radius 3 is 2.45 bits per heavy atom. The number of benzene rings is 2. The normalized spacial score (nSPS) is 15.8. The number of fused-ring (bicyclic) bond motifs is 1. The molecule has 4 rings (SSSR count). The van der Waals surface area contributed by atoms with Crippen molar-refractivity contribution >= 4 is 21.6 Å². The zero-order chi connectivity index (χ0) is 23.6. The number of amides is 1. The average molecular weight is 464 g/mol. The Balaban J connectivity index is 1.59. The van der Waals surface area contributed by atoms with Gasteiger partial charge in [0.15, 0.2) is 0 Å². The number of hydrogen-bond acceptors (Lipinski definition) is 4. The molecule has 0 bridgehead atoms. The van der Waals surface area contributed by atoms with E-state index in [0.717, 1.165) is 16.7 Å². The second-order valence-corrected chi connectivity index (χ2v) is 11.1. The molecule has 0 unspecified atom stereocenters. The van der Waals surface area contributed by atoms with Crippen LogP contribution in [0.25, 0.3) is 0 Å². The summed E-state index contributed by atoms with van der Waals surface area (Å²) in [4.78, 5) is 17.4. The fourth-order valence-electron chi connectivity index (χ4n) is 4.09. The maximum atomic E-state index is 13.7. The van der Waals surface area contributed by atoms with Gasteiger partial charge < -0.3 is 5.32 Å². The number of para-hydroxylation sites is 1. The molecule has 33 heavy (non-hydrogen) atoms. The van der Waals surface area contributed by atoms with Gasteiger partial charge in [-0.3, -0.25) is 14.1 Å². The Morgan fingerprint density at radius 1 is 1.06 bits per heavy atom. The van der Waals surface area contributed by atoms with Crippen LogP contribution in [0.4, 0.5) is 5.69 Å². The number of aromatic nitrogens is 1. The lowest BCUT2D eigenvalue weighted by atomic mass is 9.87. The first-order valence-corrected chi connectivity index (χ1v) is 12.5. The predicted octanol–water partition coefficient (Wildman–Crippen LogP) is 3.86. The van der Waals surface area contributed by atoms with Gasteiger partial charge in [0.1, 0.15) is 6.04 Å². The molecular formula is C26H29N3O3S. The summed E-state index contributed by atoms with van der Waals surface area (Å²) in [7, 11) is -3.92. The second kappa shape index (κ2) is 8.98. The van der Waals surface area contributed by atoms with Gasteiger partial charge in [-0.1, -0.05) is 57.2 Å². The van der Waals surface area contributed by atoms with E-state index in [1.807, 2.05) is 36.4 Å². The van der Waals surface area contributed by atoms with Crippen LogP contribution >= 0.6 is 0 Å². The smallest absolute Gasteiger partial charge is 0.265 e. The van der Waals surface area contributed by atoms with Crippen LogP contribution < -0.4 is 9.62 Å². The summed E-state index contributed by atoms with van der Waals surface area (Å²) < 4.78 is 28.7. The van der Waals surface area contributed by atoms with Crippen LogP contribution in [0, 0.1) is 0 Å². The first-order chi connectivity index (χ1) is 15.7. The minimum atomic E-state index is -3.92. The molecule has 2 heterocycles. The van der Waals surface area contributed by atoms with E-state index >= 15 is 0 Å². The molecule has 1 N–H and O–H groups in total. The predicted molar refractivity (Wildman–Crippen MR) is 130 cm³/mol. The first kappa shape index (κ1) is 23.0. The fraction of sp³-hybridized carbons (Fsp3) is 0.308. The zero-order valence-electron chi connectivity index (χ0n) is 19.2. The maximum Gasteiger partial charge on any atom is 0.265 e. The molecule has 7 heteroatoms. The van der Waals surface area contributed by atoms with Gasteiger partial charge in [-0.05, 0) is 52.8 Å². The lowest BCUT2D eigenvalue weighted by molar-refractivity contribution is -0.122. The molecule has 0 saturated heterocycles. The summed E-state index contributed by atoms with van der Waals surface area (Å²) in [6, 6.07) is 17.2. The van der Waals surface area contributed by atoms with Crippen LogP contribution in [0.5, 0.6) is 0 Å². The Morgan fingerprint density at radius 2 is 1.79 bits per heavy atom. The Hall–Kier alpha value is -3.19. The van der Waals surface area contributed by atoms with Crippen LogP contribution in [0.15, 0.2) is 78.0 Å². The van der Waals surface area contributed by atoms with E-state index in [1.54, 1.807) is 36.7 Å². The molecule has 0 fully saturated rings. The van der Waals surface area contributed by atoms with Gasteiger partial charge in [0.2, 0.25) is 5.91 Å². The molecule has 2 aromatic carbocycles. The Labute approximate surface area is 195 Å². The molecule has 6 nitrogen and oxygen atoms in total. The maximum absolute atomic E-state index is 13.7. The van der Waals surface area contributed by atoms with Crippen molar-refractivity contribution in [3.8, 4) is 0 Å². The number of nitrogens with one attached hydrogen (secondary N) is 1. The Bertz CT molecular complexity index is 1230. The van der Waals surface area contributed by atoms with Gasteiger partial charge in [-0.2, -0.15) is 0 Å². The van der Waals surface area contributed by atoms with Gasteiger partial charge in [-0.25, -0.2) is 8.42 Å². The van der Waals surface area contributed by atoms with E-state index in [2.05, 4.69) is 31.1 Å². The summed E-state index contributed by atoms with van der Waals surface area (Å²) in [6.07, 6.45) is 4.43. The molecule has 1 atom stereocenters. The van der Waals surface area contributed by atoms with E-state index in [-0.39, 0.29) is 16.2 Å². The fourth-order valence-corrected chi connectivity index (χ4v) is 5.74. The number of rotatable bonds is 6. The van der Waals surface area contributed by atoms with Crippen LogP contribution in [0.1, 0.15) is 37.5 Å². The molecule has 1 aromatic heterocycles. The van der Waals surface area contributed by atoms with Crippen molar-refractivity contribution in [2.24, 2.45) is 0 Å². The molecule has 0 spiro atoms. The second-order valence-electron chi connectivity index (χ2n) is 9.33. The van der Waals surface area contributed by atoms with Crippen molar-refractivity contribution in [3.05, 3.63) is 89.7 Å². The highest BCUT2D eigenvalue weighted by Crippen LogP contribution is 2.37. The number of sulfonamides is 1. The number of hydrogen-bond donors (Lipinski definition) is 1. The van der Waals surface area contributed by atoms with Crippen LogP contribution in [0.2, 0.25) is 0 Å². The molecule has 3 aromatic rings. The molecule has 1 aliphatic rings. The lowest BCUT2D eigenvalue weighted by Gasteiger charge is -2.27. The lowest BCUT2D eigenvalue weighted by Crippen LogP contribution is -2.48. The molecule has 172 valence electrons. The number of carbonyl (C=O) groups is 1. The minimum Gasteiger partial charge on any atom is -0.354 e. The molecule has 0 radical (unpaired) electrons. The third kappa shape index (κ3) is 4.78. The summed E-state index contributed by atoms with van der Waals surface area (Å²) in [5.74, 6) is -0.301. The van der Waals surface area contributed by atoms with Gasteiger partial charge in [-0.15, -0.1) is 0 Å². The number of pyridine rings is 1. The standard InChI is InChI=1S/C26H29N3O3S/c1-26(2,3)21-10-12-22(13-11-21)33(31,32)29-23-9-5-4-8-20(23)17-24(29)25(30)28-16-14-19-7-6-15-27-18-19/h4-13,15,18,24H,14,16-17H2,1-3H3,(H,28,30)/t24-/m0/s1. The summed E-state index contributed by atoms with van der Waals surface area (Å²) in [6.45, 7) is 6.66. The largest absolute Gasteiger partial charge is 0.354 e. The summed E-state index contributed by atoms with van der Waals surface area (Å²) in [5, 5.41) is 2.92. The summed E-state index contributed by atoms with van der Waals surface area (Å²) >= 11 is 0. The minimum absolute atomic E-state index is 0.0841. The van der Waals surface area contributed by atoms with E-state index in [0.29, 0.717) is 25.1 Å². The van der Waals surface area contributed by atoms with Crippen LogP contribution in [-0.4, -0.2) is 31.9 Å². The topological polar surface area (TPSA) is 79.4 Å². The third-order valence-electron chi connectivity index (χ3n) is 5.94. The van der Waals surface area contributed by atoms with Crippen molar-refractivity contribution in [2.75, 3.05) is 10.8 Å². The van der Waals surface area contributed by atoms with Crippen molar-refractivity contribution in [3.63, 3.8) is 0 Å². The third-order valence-corrected chi connectivity index (χ3v) is 7.78. The van der Waals surface area contributed by atoms with Gasteiger partial charge in [0.25, 0.3) is 10.0 Å². The highest BCUT2D eigenvalue weighted by molar-refractivity contribution is 7.93. The number of carbonyl (C=O) groups excluding carboxylic acids is 1. The first-order valence-electron chi connectivity index (χ1n) is 11.1. The van der Waals surface area contributed by atoms with Crippen LogP contribution in [-0.2, 0) is 33.1 Å². The highest BCUT2D eigenvalue weighted by Gasteiger charge is 2.42. The van der Waals surface area contributed by atoms with E-state index < -0.39 is 16.1 Å². The quantitative estimate of drug-likeness (QED) is 0.602. The molecule has 0 saturated carbocycles. The number of nitrogens with zero attached hydrogens (tertiary/aromatic N) is 2. The van der Waals surface area contributed by atoms with Crippen molar-refractivity contribution in [1.29, 1.82) is 0 Å². The monoisotopic (exact) mass is 463 g/mol. The zero-order valence-corrected chi connectivity index (χ0v) is 20.0. The molecule has 1 aliphatic heterocycles. The highest BCUT2D eigenvalue weighted by atomic mass is 32.2. The van der Waals surface area contributed by atoms with Gasteiger partial charge >= 0.3 is 0 Å². The van der Waals surface area contributed by atoms with E-state index in [4.69, 9.17) is 0 Å². The molecular weight excluding hydrogens is 434 g/mol. The Kier molecular flexibility index (Phi) is 6.26.